The molecule has 1 aliphatic heterocycles. The van der Waals surface area contributed by atoms with Crippen molar-refractivity contribution in [3.63, 3.8) is 0 Å². The van der Waals surface area contributed by atoms with Gasteiger partial charge in [-0.2, -0.15) is 0 Å². The average molecular weight is 270 g/mol. The summed E-state index contributed by atoms with van der Waals surface area (Å²) in [5.41, 5.74) is 2.00. The fourth-order valence-corrected chi connectivity index (χ4v) is 3.32. The van der Waals surface area contributed by atoms with Crippen LogP contribution in [-0.2, 0) is 6.54 Å². The Bertz CT molecular complexity index is 356. The lowest BCUT2D eigenvalue weighted by Gasteiger charge is -2.38. The van der Waals surface area contributed by atoms with Gasteiger partial charge in [-0.15, -0.1) is 0 Å². The second-order valence-electron chi connectivity index (χ2n) is 5.07. The van der Waals surface area contributed by atoms with Crippen LogP contribution in [0.2, 0.25) is 0 Å². The summed E-state index contributed by atoms with van der Waals surface area (Å²) in [6, 6.07) is 2.08. The Morgan fingerprint density at radius 1 is 1.40 bits per heavy atom. The first-order valence-electron chi connectivity index (χ1n) is 5.71. The van der Waals surface area contributed by atoms with Crippen LogP contribution < -0.4 is 0 Å². The molecule has 1 aliphatic carbocycles. The molecule has 0 bridgehead atoms. The Morgan fingerprint density at radius 2 is 2.27 bits per heavy atom. The van der Waals surface area contributed by atoms with Gasteiger partial charge in [-0.3, -0.25) is 4.90 Å². The third-order valence-electron chi connectivity index (χ3n) is 3.96. The maximum atomic E-state index is 5.26. The predicted octanol–water partition coefficient (Wildman–Crippen LogP) is 3.42. The lowest BCUT2D eigenvalue weighted by atomic mass is 9.68. The van der Waals surface area contributed by atoms with Crippen molar-refractivity contribution in [3.8, 4) is 0 Å². The molecule has 1 saturated heterocycles. The minimum atomic E-state index is 0.709. The molecule has 0 amide bonds. The van der Waals surface area contributed by atoms with Gasteiger partial charge in [0.15, 0.2) is 4.67 Å². The van der Waals surface area contributed by atoms with Gasteiger partial charge in [0, 0.05) is 18.7 Å². The highest BCUT2D eigenvalue weighted by molar-refractivity contribution is 9.10. The Morgan fingerprint density at radius 3 is 2.80 bits per heavy atom. The molecule has 0 radical (unpaired) electrons. The highest BCUT2D eigenvalue weighted by Crippen LogP contribution is 2.48. The summed E-state index contributed by atoms with van der Waals surface area (Å²) in [6.07, 6.45) is 7.63. The molecule has 1 aromatic rings. The smallest absolute Gasteiger partial charge is 0.169 e. The van der Waals surface area contributed by atoms with Crippen LogP contribution in [0.4, 0.5) is 0 Å². The van der Waals surface area contributed by atoms with E-state index in [0.29, 0.717) is 5.41 Å². The molecular formula is C12H16BrNO. The molecule has 2 heterocycles. The van der Waals surface area contributed by atoms with E-state index in [9.17, 15) is 0 Å². The van der Waals surface area contributed by atoms with Gasteiger partial charge < -0.3 is 4.42 Å². The van der Waals surface area contributed by atoms with Crippen LogP contribution in [0.15, 0.2) is 21.4 Å². The molecule has 2 aliphatic rings. The highest BCUT2D eigenvalue weighted by atomic mass is 79.9. The van der Waals surface area contributed by atoms with E-state index < -0.39 is 0 Å². The van der Waals surface area contributed by atoms with Gasteiger partial charge in [0.05, 0.1) is 6.26 Å². The minimum absolute atomic E-state index is 0.709. The zero-order valence-corrected chi connectivity index (χ0v) is 10.4. The van der Waals surface area contributed by atoms with Crippen molar-refractivity contribution in [2.75, 3.05) is 13.1 Å². The zero-order chi connectivity index (χ0) is 10.3. The molecule has 3 heteroatoms. The van der Waals surface area contributed by atoms with E-state index >= 15 is 0 Å². The van der Waals surface area contributed by atoms with Crippen molar-refractivity contribution in [3.05, 3.63) is 22.6 Å². The first kappa shape index (κ1) is 9.91. The number of rotatable bonds is 2. The molecular weight excluding hydrogens is 254 g/mol. The summed E-state index contributed by atoms with van der Waals surface area (Å²) in [7, 11) is 0. The molecule has 2 fully saturated rings. The van der Waals surface area contributed by atoms with E-state index in [2.05, 4.69) is 26.9 Å². The molecule has 0 unspecified atom stereocenters. The lowest BCUT2D eigenvalue weighted by molar-refractivity contribution is 0.137. The Balaban J connectivity index is 1.61. The van der Waals surface area contributed by atoms with Crippen LogP contribution >= 0.6 is 15.9 Å². The molecule has 0 atom stereocenters. The molecule has 3 rings (SSSR count). The van der Waals surface area contributed by atoms with Gasteiger partial charge in [0.2, 0.25) is 0 Å². The first-order valence-corrected chi connectivity index (χ1v) is 6.50. The van der Waals surface area contributed by atoms with Crippen molar-refractivity contribution in [2.45, 2.75) is 32.2 Å². The van der Waals surface area contributed by atoms with Crippen LogP contribution in [0.1, 0.15) is 31.2 Å². The number of hydrogen-bond donors (Lipinski definition) is 0. The maximum absolute atomic E-state index is 5.26. The van der Waals surface area contributed by atoms with Crippen LogP contribution in [0.25, 0.3) is 0 Å². The van der Waals surface area contributed by atoms with E-state index in [1.165, 1.54) is 44.3 Å². The topological polar surface area (TPSA) is 16.4 Å². The van der Waals surface area contributed by atoms with Crippen LogP contribution in [0, 0.1) is 5.41 Å². The Hall–Kier alpha value is -0.280. The SMILES string of the molecule is Brc1cc(CN2CCC3(CCC3)C2)co1. The highest BCUT2D eigenvalue weighted by Gasteiger charge is 2.42. The zero-order valence-electron chi connectivity index (χ0n) is 8.84. The third kappa shape index (κ3) is 1.87. The van der Waals surface area contributed by atoms with Crippen LogP contribution in [0.3, 0.4) is 0 Å². The number of nitrogens with zero attached hydrogens (tertiary/aromatic N) is 1. The van der Waals surface area contributed by atoms with Gasteiger partial charge in [0.25, 0.3) is 0 Å². The quantitative estimate of drug-likeness (QED) is 0.818. The van der Waals surface area contributed by atoms with Gasteiger partial charge in [-0.1, -0.05) is 6.42 Å². The summed E-state index contributed by atoms with van der Waals surface area (Å²) in [5, 5.41) is 0. The molecule has 0 aromatic carbocycles. The number of furan rings is 1. The summed E-state index contributed by atoms with van der Waals surface area (Å²) in [4.78, 5) is 2.57. The van der Waals surface area contributed by atoms with E-state index in [-0.39, 0.29) is 0 Å². The van der Waals surface area contributed by atoms with Crippen molar-refractivity contribution in [2.24, 2.45) is 5.41 Å². The van der Waals surface area contributed by atoms with Gasteiger partial charge in [-0.25, -0.2) is 0 Å². The van der Waals surface area contributed by atoms with E-state index in [4.69, 9.17) is 4.42 Å². The Labute approximate surface area is 98.8 Å². The average Bonchev–Trinajstić information content (AvgIpc) is 2.72. The second kappa shape index (κ2) is 3.63. The van der Waals surface area contributed by atoms with E-state index in [1.54, 1.807) is 0 Å². The van der Waals surface area contributed by atoms with E-state index in [1.807, 2.05) is 6.26 Å². The number of likely N-dealkylation sites (tertiary alicyclic amines) is 1. The summed E-state index contributed by atoms with van der Waals surface area (Å²) >= 11 is 3.34. The van der Waals surface area contributed by atoms with Crippen molar-refractivity contribution >= 4 is 15.9 Å². The first-order chi connectivity index (χ1) is 7.26. The predicted molar refractivity (Wildman–Crippen MR) is 62.6 cm³/mol. The molecule has 0 N–H and O–H groups in total. The lowest BCUT2D eigenvalue weighted by Crippen LogP contribution is -2.32. The standard InChI is InChI=1S/C12H16BrNO/c13-11-6-10(8-15-11)7-14-5-4-12(9-14)2-1-3-12/h6,8H,1-5,7,9H2. The van der Waals surface area contributed by atoms with Crippen molar-refractivity contribution in [1.29, 1.82) is 0 Å². The molecule has 15 heavy (non-hydrogen) atoms. The summed E-state index contributed by atoms with van der Waals surface area (Å²) < 4.78 is 6.10. The second-order valence-corrected chi connectivity index (χ2v) is 5.85. The maximum Gasteiger partial charge on any atom is 0.169 e. The monoisotopic (exact) mass is 269 g/mol. The molecule has 1 aromatic heterocycles. The van der Waals surface area contributed by atoms with Crippen LogP contribution in [0.5, 0.6) is 0 Å². The normalized spacial score (nSPS) is 24.6. The Kier molecular flexibility index (Phi) is 2.40. The molecule has 1 spiro atoms. The fourth-order valence-electron chi connectivity index (χ4n) is 2.93. The third-order valence-corrected chi connectivity index (χ3v) is 4.38. The number of halogens is 1. The van der Waals surface area contributed by atoms with Crippen LogP contribution in [-0.4, -0.2) is 18.0 Å². The summed E-state index contributed by atoms with van der Waals surface area (Å²) in [6.45, 7) is 3.62. The van der Waals surface area contributed by atoms with Crippen molar-refractivity contribution < 1.29 is 4.42 Å². The van der Waals surface area contributed by atoms with E-state index in [0.717, 1.165) is 11.2 Å². The molecule has 1 saturated carbocycles. The molecule has 2 nitrogen and oxygen atoms in total. The van der Waals surface area contributed by atoms with Gasteiger partial charge >= 0.3 is 0 Å². The minimum Gasteiger partial charge on any atom is -0.457 e. The van der Waals surface area contributed by atoms with Gasteiger partial charge in [-0.05, 0) is 53.2 Å². The van der Waals surface area contributed by atoms with Crippen molar-refractivity contribution in [1.82, 2.24) is 4.90 Å². The number of hydrogen-bond acceptors (Lipinski definition) is 2. The van der Waals surface area contributed by atoms with Gasteiger partial charge in [0.1, 0.15) is 0 Å². The fraction of sp³-hybridized carbons (Fsp3) is 0.667. The summed E-state index contributed by atoms with van der Waals surface area (Å²) in [5.74, 6) is 0. The largest absolute Gasteiger partial charge is 0.457 e. The molecule has 82 valence electrons.